The van der Waals surface area contributed by atoms with E-state index in [1.54, 1.807) is 30.3 Å². The first-order valence-corrected chi connectivity index (χ1v) is 7.06. The normalized spacial score (nSPS) is 10.7. The first-order chi connectivity index (χ1) is 10.2. The molecule has 108 valence electrons. The first-order valence-electron chi connectivity index (χ1n) is 7.06. The molecule has 0 aliphatic heterocycles. The number of phenolic OH excluding ortho intramolecular Hbond substituents is 1. The molecular formula is C18H19NO2. The van der Waals surface area contributed by atoms with E-state index >= 15 is 0 Å². The first kappa shape index (κ1) is 14.9. The highest BCUT2D eigenvalue weighted by molar-refractivity contribution is 6.05. The van der Waals surface area contributed by atoms with E-state index in [4.69, 9.17) is 0 Å². The summed E-state index contributed by atoms with van der Waals surface area (Å²) in [6.07, 6.45) is 6.35. The molecule has 2 N–H and O–H groups in total. The van der Waals surface area contributed by atoms with E-state index in [9.17, 15) is 9.90 Å². The van der Waals surface area contributed by atoms with Crippen molar-refractivity contribution < 1.29 is 9.90 Å². The summed E-state index contributed by atoms with van der Waals surface area (Å²) in [5.41, 5.74) is 2.04. The van der Waals surface area contributed by atoms with Crippen molar-refractivity contribution in [3.8, 4) is 5.75 Å². The highest BCUT2D eigenvalue weighted by Gasteiger charge is 2.07. The lowest BCUT2D eigenvalue weighted by molar-refractivity contribution is 0.102. The largest absolute Gasteiger partial charge is 0.506 e. The third kappa shape index (κ3) is 4.21. The Bertz CT molecular complexity index is 630. The molecule has 0 aliphatic rings. The third-order valence-corrected chi connectivity index (χ3v) is 3.09. The Morgan fingerprint density at radius 2 is 1.86 bits per heavy atom. The van der Waals surface area contributed by atoms with Crippen LogP contribution in [0.5, 0.6) is 5.75 Å². The van der Waals surface area contributed by atoms with Gasteiger partial charge in [0.15, 0.2) is 0 Å². The molecule has 0 aromatic heterocycles. The number of amides is 1. The monoisotopic (exact) mass is 281 g/mol. The molecule has 0 atom stereocenters. The van der Waals surface area contributed by atoms with E-state index in [2.05, 4.69) is 18.3 Å². The van der Waals surface area contributed by atoms with E-state index in [1.165, 1.54) is 6.07 Å². The Morgan fingerprint density at radius 1 is 1.14 bits per heavy atom. The van der Waals surface area contributed by atoms with Crippen LogP contribution in [0.1, 0.15) is 35.7 Å². The van der Waals surface area contributed by atoms with E-state index < -0.39 is 0 Å². The summed E-state index contributed by atoms with van der Waals surface area (Å²) in [6, 6.07) is 14.0. The maximum atomic E-state index is 12.1. The van der Waals surface area contributed by atoms with Crippen LogP contribution < -0.4 is 5.32 Å². The number of hydrogen-bond acceptors (Lipinski definition) is 2. The Balaban J connectivity index is 2.05. The van der Waals surface area contributed by atoms with Gasteiger partial charge in [-0.15, -0.1) is 0 Å². The molecule has 0 spiro atoms. The number of unbranched alkanes of at least 4 members (excludes halogenated alkanes) is 1. The second-order valence-electron chi connectivity index (χ2n) is 4.78. The van der Waals surface area contributed by atoms with Crippen LogP contribution in [0.3, 0.4) is 0 Å². The Kier molecular flexibility index (Phi) is 5.16. The topological polar surface area (TPSA) is 49.3 Å². The minimum absolute atomic E-state index is 0.0602. The average Bonchev–Trinajstić information content (AvgIpc) is 2.50. The highest BCUT2D eigenvalue weighted by Crippen LogP contribution is 2.22. The van der Waals surface area contributed by atoms with E-state index in [1.807, 2.05) is 18.2 Å². The summed E-state index contributed by atoms with van der Waals surface area (Å²) >= 11 is 0. The van der Waals surface area contributed by atoms with Gasteiger partial charge in [0, 0.05) is 5.56 Å². The molecule has 21 heavy (non-hydrogen) atoms. The third-order valence-electron chi connectivity index (χ3n) is 3.09. The van der Waals surface area contributed by atoms with Crippen molar-refractivity contribution in [3.05, 3.63) is 65.7 Å². The van der Waals surface area contributed by atoms with Crippen LogP contribution in [0.4, 0.5) is 5.69 Å². The number of carbonyl (C=O) groups excluding carboxylic acids is 1. The van der Waals surface area contributed by atoms with Crippen LogP contribution in [-0.4, -0.2) is 11.0 Å². The molecule has 0 bridgehead atoms. The molecule has 2 aromatic carbocycles. The standard InChI is InChI=1S/C18H19NO2/c1-2-3-4-7-14-10-12-15(13-11-14)18(21)19-16-8-5-6-9-17(16)20/h4-13,20H,2-3H2,1H3,(H,19,21)/b7-4+. The summed E-state index contributed by atoms with van der Waals surface area (Å²) in [4.78, 5) is 12.1. The van der Waals surface area contributed by atoms with Gasteiger partial charge in [0.05, 0.1) is 5.69 Å². The number of hydrogen-bond donors (Lipinski definition) is 2. The number of anilines is 1. The van der Waals surface area contributed by atoms with Crippen LogP contribution in [0.2, 0.25) is 0 Å². The quantitative estimate of drug-likeness (QED) is 0.795. The summed E-state index contributed by atoms with van der Waals surface area (Å²) in [5, 5.41) is 12.3. The van der Waals surface area contributed by atoms with Crippen LogP contribution in [-0.2, 0) is 0 Å². The second kappa shape index (κ2) is 7.29. The molecule has 3 nitrogen and oxygen atoms in total. The van der Waals surface area contributed by atoms with Crippen molar-refractivity contribution in [2.75, 3.05) is 5.32 Å². The van der Waals surface area contributed by atoms with Crippen molar-refractivity contribution >= 4 is 17.7 Å². The van der Waals surface area contributed by atoms with Gasteiger partial charge in [0.1, 0.15) is 5.75 Å². The van der Waals surface area contributed by atoms with E-state index in [0.717, 1.165) is 18.4 Å². The zero-order chi connectivity index (χ0) is 15.1. The smallest absolute Gasteiger partial charge is 0.255 e. The number of aromatic hydroxyl groups is 1. The van der Waals surface area contributed by atoms with Crippen molar-refractivity contribution in [1.82, 2.24) is 0 Å². The van der Waals surface area contributed by atoms with Crippen molar-refractivity contribution in [1.29, 1.82) is 0 Å². The number of allylic oxidation sites excluding steroid dienone is 1. The lowest BCUT2D eigenvalue weighted by Crippen LogP contribution is -2.11. The van der Waals surface area contributed by atoms with Gasteiger partial charge >= 0.3 is 0 Å². The summed E-state index contributed by atoms with van der Waals surface area (Å²) in [5.74, 6) is -0.175. The van der Waals surface area contributed by atoms with Gasteiger partial charge in [-0.05, 0) is 36.2 Å². The van der Waals surface area contributed by atoms with Crippen LogP contribution in [0, 0.1) is 0 Å². The zero-order valence-corrected chi connectivity index (χ0v) is 12.0. The fraction of sp³-hybridized carbons (Fsp3) is 0.167. The average molecular weight is 281 g/mol. The van der Waals surface area contributed by atoms with Gasteiger partial charge < -0.3 is 10.4 Å². The number of rotatable bonds is 5. The fourth-order valence-electron chi connectivity index (χ4n) is 1.91. The lowest BCUT2D eigenvalue weighted by Gasteiger charge is -2.07. The summed E-state index contributed by atoms with van der Waals surface area (Å²) in [6.45, 7) is 2.14. The molecule has 1 amide bonds. The molecule has 0 saturated carbocycles. The minimum Gasteiger partial charge on any atom is -0.506 e. The van der Waals surface area contributed by atoms with Gasteiger partial charge in [0.2, 0.25) is 0 Å². The van der Waals surface area contributed by atoms with E-state index in [-0.39, 0.29) is 11.7 Å². The minimum atomic E-state index is -0.236. The maximum Gasteiger partial charge on any atom is 0.255 e. The predicted molar refractivity (Wildman–Crippen MR) is 86.4 cm³/mol. The molecule has 0 unspecified atom stereocenters. The molecule has 0 heterocycles. The van der Waals surface area contributed by atoms with Crippen LogP contribution >= 0.6 is 0 Å². The highest BCUT2D eigenvalue weighted by atomic mass is 16.3. The van der Waals surface area contributed by atoms with E-state index in [0.29, 0.717) is 11.3 Å². The Hall–Kier alpha value is -2.55. The molecule has 0 fully saturated rings. The lowest BCUT2D eigenvalue weighted by atomic mass is 10.1. The summed E-state index contributed by atoms with van der Waals surface area (Å²) in [7, 11) is 0. The summed E-state index contributed by atoms with van der Waals surface area (Å²) < 4.78 is 0. The number of nitrogens with one attached hydrogen (secondary N) is 1. The molecule has 2 rings (SSSR count). The molecule has 0 aliphatic carbocycles. The predicted octanol–water partition coefficient (Wildman–Crippen LogP) is 4.46. The maximum absolute atomic E-state index is 12.1. The number of phenols is 1. The van der Waals surface area contributed by atoms with Crippen molar-refractivity contribution in [2.45, 2.75) is 19.8 Å². The van der Waals surface area contributed by atoms with Gasteiger partial charge in [-0.2, -0.15) is 0 Å². The van der Waals surface area contributed by atoms with Crippen molar-refractivity contribution in [2.24, 2.45) is 0 Å². The zero-order valence-electron chi connectivity index (χ0n) is 12.0. The molecular weight excluding hydrogens is 262 g/mol. The van der Waals surface area contributed by atoms with Crippen LogP contribution in [0.25, 0.3) is 6.08 Å². The van der Waals surface area contributed by atoms with Gasteiger partial charge in [-0.25, -0.2) is 0 Å². The molecule has 0 saturated heterocycles. The fourth-order valence-corrected chi connectivity index (χ4v) is 1.91. The van der Waals surface area contributed by atoms with Gasteiger partial charge in [-0.1, -0.05) is 49.8 Å². The SMILES string of the molecule is CCC/C=C/c1ccc(C(=O)Nc2ccccc2O)cc1. The number of benzene rings is 2. The Labute approximate surface area is 124 Å². The Morgan fingerprint density at radius 3 is 2.52 bits per heavy atom. The second-order valence-corrected chi connectivity index (χ2v) is 4.78. The number of para-hydroxylation sites is 2. The van der Waals surface area contributed by atoms with Gasteiger partial charge in [0.25, 0.3) is 5.91 Å². The van der Waals surface area contributed by atoms with Gasteiger partial charge in [-0.3, -0.25) is 4.79 Å². The number of carbonyl (C=O) groups is 1. The molecule has 3 heteroatoms. The van der Waals surface area contributed by atoms with Crippen molar-refractivity contribution in [3.63, 3.8) is 0 Å². The molecule has 2 aromatic rings. The van der Waals surface area contributed by atoms with Crippen LogP contribution in [0.15, 0.2) is 54.6 Å². The molecule has 0 radical (unpaired) electrons.